The topological polar surface area (TPSA) is 64.4 Å². The van der Waals surface area contributed by atoms with Crippen molar-refractivity contribution in [2.75, 3.05) is 6.54 Å². The molecular weight excluding hydrogens is 280 g/mol. The van der Waals surface area contributed by atoms with E-state index in [9.17, 15) is 4.79 Å². The van der Waals surface area contributed by atoms with Crippen LogP contribution in [-0.2, 0) is 6.61 Å². The largest absolute Gasteiger partial charge is 0.488 e. The summed E-state index contributed by atoms with van der Waals surface area (Å²) in [5.41, 5.74) is 2.26. The Balaban J connectivity index is 2.10. The van der Waals surface area contributed by atoms with Crippen LogP contribution in [0.4, 0.5) is 0 Å². The van der Waals surface area contributed by atoms with Gasteiger partial charge in [0.05, 0.1) is 16.8 Å². The molecule has 2 aromatic rings. The van der Waals surface area contributed by atoms with E-state index >= 15 is 0 Å². The summed E-state index contributed by atoms with van der Waals surface area (Å²) in [6.45, 7) is 8.79. The minimum Gasteiger partial charge on any atom is -0.488 e. The van der Waals surface area contributed by atoms with Gasteiger partial charge in [-0.15, -0.1) is 0 Å². The molecule has 0 bridgehead atoms. The van der Waals surface area contributed by atoms with Gasteiger partial charge in [-0.3, -0.25) is 4.79 Å². The molecule has 1 heterocycles. The molecule has 0 saturated heterocycles. The quantitative estimate of drug-likeness (QED) is 0.889. The van der Waals surface area contributed by atoms with Crippen molar-refractivity contribution < 1.29 is 14.1 Å². The number of ether oxygens (including phenoxy) is 1. The Bertz CT molecular complexity index is 628. The van der Waals surface area contributed by atoms with Crippen molar-refractivity contribution in [2.45, 2.75) is 34.3 Å². The van der Waals surface area contributed by atoms with Crippen molar-refractivity contribution in [3.05, 3.63) is 46.8 Å². The standard InChI is InChI=1S/C17H22N2O3/c1-11(2)9-18-17(20)14-7-5-6-8-16(14)21-10-15-12(3)19-22-13(15)4/h5-8,11H,9-10H2,1-4H3,(H,18,20). The molecule has 1 aromatic carbocycles. The highest BCUT2D eigenvalue weighted by Crippen LogP contribution is 2.21. The number of hydrogen-bond acceptors (Lipinski definition) is 4. The Morgan fingerprint density at radius 2 is 2.05 bits per heavy atom. The zero-order valence-electron chi connectivity index (χ0n) is 13.5. The number of para-hydroxylation sites is 1. The number of carbonyl (C=O) groups is 1. The first-order valence-corrected chi connectivity index (χ1v) is 7.40. The van der Waals surface area contributed by atoms with E-state index in [1.54, 1.807) is 12.1 Å². The molecule has 0 radical (unpaired) electrons. The van der Waals surface area contributed by atoms with Crippen LogP contribution in [0.3, 0.4) is 0 Å². The molecule has 1 N–H and O–H groups in total. The Kier molecular flexibility index (Phi) is 5.20. The highest BCUT2D eigenvalue weighted by molar-refractivity contribution is 5.96. The summed E-state index contributed by atoms with van der Waals surface area (Å²) in [5, 5.41) is 6.81. The van der Waals surface area contributed by atoms with Crippen molar-refractivity contribution in [3.8, 4) is 5.75 Å². The lowest BCUT2D eigenvalue weighted by molar-refractivity contribution is 0.0944. The SMILES string of the molecule is Cc1noc(C)c1COc1ccccc1C(=O)NCC(C)C. The van der Waals surface area contributed by atoms with Gasteiger partial charge in [-0.2, -0.15) is 0 Å². The van der Waals surface area contributed by atoms with Gasteiger partial charge < -0.3 is 14.6 Å². The van der Waals surface area contributed by atoms with Crippen LogP contribution in [0.25, 0.3) is 0 Å². The summed E-state index contributed by atoms with van der Waals surface area (Å²) in [7, 11) is 0. The van der Waals surface area contributed by atoms with Gasteiger partial charge in [0.15, 0.2) is 0 Å². The third-order valence-electron chi connectivity index (χ3n) is 3.36. The molecule has 5 heteroatoms. The maximum Gasteiger partial charge on any atom is 0.255 e. The minimum atomic E-state index is -0.122. The van der Waals surface area contributed by atoms with Gasteiger partial charge in [-0.05, 0) is 31.9 Å². The van der Waals surface area contributed by atoms with Gasteiger partial charge in [0.1, 0.15) is 18.1 Å². The van der Waals surface area contributed by atoms with Crippen LogP contribution in [0.1, 0.15) is 41.2 Å². The highest BCUT2D eigenvalue weighted by Gasteiger charge is 2.14. The molecule has 0 fully saturated rings. The van der Waals surface area contributed by atoms with Crippen molar-refractivity contribution in [3.63, 3.8) is 0 Å². The van der Waals surface area contributed by atoms with Gasteiger partial charge in [0.2, 0.25) is 0 Å². The van der Waals surface area contributed by atoms with Gasteiger partial charge in [0.25, 0.3) is 5.91 Å². The second-order valence-corrected chi connectivity index (χ2v) is 5.69. The van der Waals surface area contributed by atoms with E-state index in [-0.39, 0.29) is 5.91 Å². The molecule has 0 saturated carbocycles. The third kappa shape index (κ3) is 3.87. The fourth-order valence-electron chi connectivity index (χ4n) is 2.03. The summed E-state index contributed by atoms with van der Waals surface area (Å²) in [4.78, 5) is 12.2. The maximum atomic E-state index is 12.2. The van der Waals surface area contributed by atoms with Crippen molar-refractivity contribution in [2.24, 2.45) is 5.92 Å². The maximum absolute atomic E-state index is 12.2. The van der Waals surface area contributed by atoms with E-state index in [0.717, 1.165) is 17.0 Å². The molecule has 2 rings (SSSR count). The number of nitrogens with one attached hydrogen (secondary N) is 1. The van der Waals surface area contributed by atoms with E-state index in [1.807, 2.05) is 26.0 Å². The monoisotopic (exact) mass is 302 g/mol. The summed E-state index contributed by atoms with van der Waals surface area (Å²) in [6.07, 6.45) is 0. The number of hydrogen-bond donors (Lipinski definition) is 1. The number of aryl methyl sites for hydroxylation is 2. The predicted octanol–water partition coefficient (Wildman–Crippen LogP) is 3.26. The summed E-state index contributed by atoms with van der Waals surface area (Å²) < 4.78 is 10.9. The lowest BCUT2D eigenvalue weighted by atomic mass is 10.1. The van der Waals surface area contributed by atoms with E-state index < -0.39 is 0 Å². The molecule has 0 unspecified atom stereocenters. The Morgan fingerprint density at radius 1 is 1.32 bits per heavy atom. The fraction of sp³-hybridized carbons (Fsp3) is 0.412. The normalized spacial score (nSPS) is 10.8. The second-order valence-electron chi connectivity index (χ2n) is 5.69. The average Bonchev–Trinajstić information content (AvgIpc) is 2.82. The van der Waals surface area contributed by atoms with Crippen molar-refractivity contribution in [1.82, 2.24) is 10.5 Å². The second kappa shape index (κ2) is 7.11. The number of amides is 1. The molecule has 118 valence electrons. The van der Waals surface area contributed by atoms with Gasteiger partial charge in [0, 0.05) is 6.54 Å². The van der Waals surface area contributed by atoms with Crippen LogP contribution in [0.2, 0.25) is 0 Å². The molecule has 0 aliphatic heterocycles. The van der Waals surface area contributed by atoms with Gasteiger partial charge >= 0.3 is 0 Å². The first kappa shape index (κ1) is 16.1. The molecule has 0 aliphatic rings. The number of benzene rings is 1. The Hall–Kier alpha value is -2.30. The zero-order chi connectivity index (χ0) is 16.1. The number of carbonyl (C=O) groups excluding carboxylic acids is 1. The van der Waals surface area contributed by atoms with Crippen LogP contribution in [0.5, 0.6) is 5.75 Å². The first-order chi connectivity index (χ1) is 10.5. The van der Waals surface area contributed by atoms with Gasteiger partial charge in [-0.1, -0.05) is 31.1 Å². The Labute approximate surface area is 130 Å². The summed E-state index contributed by atoms with van der Waals surface area (Å²) >= 11 is 0. The number of nitrogens with zero attached hydrogens (tertiary/aromatic N) is 1. The van der Waals surface area contributed by atoms with E-state index in [2.05, 4.69) is 24.3 Å². The first-order valence-electron chi connectivity index (χ1n) is 7.40. The van der Waals surface area contributed by atoms with Crippen LogP contribution in [0, 0.1) is 19.8 Å². The molecular formula is C17H22N2O3. The lowest BCUT2D eigenvalue weighted by Crippen LogP contribution is -2.27. The molecule has 0 aliphatic carbocycles. The molecule has 1 aromatic heterocycles. The Morgan fingerprint density at radius 3 is 2.68 bits per heavy atom. The predicted molar refractivity (Wildman–Crippen MR) is 83.9 cm³/mol. The van der Waals surface area contributed by atoms with Crippen LogP contribution in [-0.4, -0.2) is 17.6 Å². The number of rotatable bonds is 6. The fourth-order valence-corrected chi connectivity index (χ4v) is 2.03. The third-order valence-corrected chi connectivity index (χ3v) is 3.36. The van der Waals surface area contributed by atoms with Crippen LogP contribution < -0.4 is 10.1 Å². The number of aromatic nitrogens is 1. The van der Waals surface area contributed by atoms with Crippen molar-refractivity contribution >= 4 is 5.91 Å². The average molecular weight is 302 g/mol. The zero-order valence-corrected chi connectivity index (χ0v) is 13.5. The summed E-state index contributed by atoms with van der Waals surface area (Å²) in [6, 6.07) is 7.23. The van der Waals surface area contributed by atoms with Crippen LogP contribution >= 0.6 is 0 Å². The molecule has 5 nitrogen and oxygen atoms in total. The van der Waals surface area contributed by atoms with E-state index in [0.29, 0.717) is 30.4 Å². The van der Waals surface area contributed by atoms with Gasteiger partial charge in [-0.25, -0.2) is 0 Å². The summed E-state index contributed by atoms with van der Waals surface area (Å²) in [5.74, 6) is 1.57. The smallest absolute Gasteiger partial charge is 0.255 e. The molecule has 0 spiro atoms. The lowest BCUT2D eigenvalue weighted by Gasteiger charge is -2.12. The minimum absolute atomic E-state index is 0.122. The molecule has 0 atom stereocenters. The van der Waals surface area contributed by atoms with Crippen LogP contribution in [0.15, 0.2) is 28.8 Å². The van der Waals surface area contributed by atoms with E-state index in [4.69, 9.17) is 9.26 Å². The van der Waals surface area contributed by atoms with Crippen molar-refractivity contribution in [1.29, 1.82) is 0 Å². The molecule has 22 heavy (non-hydrogen) atoms. The van der Waals surface area contributed by atoms with E-state index in [1.165, 1.54) is 0 Å². The highest BCUT2D eigenvalue weighted by atomic mass is 16.5. The molecule has 1 amide bonds.